The van der Waals surface area contributed by atoms with Gasteiger partial charge in [-0.3, -0.25) is 14.4 Å². The highest BCUT2D eigenvalue weighted by Gasteiger charge is 2.30. The fourth-order valence-electron chi connectivity index (χ4n) is 3.59. The summed E-state index contributed by atoms with van der Waals surface area (Å²) < 4.78 is 0. The van der Waals surface area contributed by atoms with Gasteiger partial charge in [-0.1, -0.05) is 53.8 Å². The highest BCUT2D eigenvalue weighted by molar-refractivity contribution is 7.14. The van der Waals surface area contributed by atoms with Crippen molar-refractivity contribution in [3.05, 3.63) is 65.2 Å². The van der Waals surface area contributed by atoms with Crippen LogP contribution in [-0.2, 0) is 9.59 Å². The predicted octanol–water partition coefficient (Wildman–Crippen LogP) is 3.57. The number of aromatic nitrogens is 2. The van der Waals surface area contributed by atoms with Crippen LogP contribution in [0.2, 0.25) is 0 Å². The van der Waals surface area contributed by atoms with Gasteiger partial charge in [-0.05, 0) is 31.9 Å². The Bertz CT molecular complexity index is 1100. The normalized spacial score (nSPS) is 14.3. The second-order valence-corrected chi connectivity index (χ2v) is 8.64. The summed E-state index contributed by atoms with van der Waals surface area (Å²) in [6, 6.07) is 16.1. The Morgan fingerprint density at radius 1 is 1.00 bits per heavy atom. The number of rotatable bonds is 5. The van der Waals surface area contributed by atoms with E-state index in [2.05, 4.69) is 15.5 Å². The van der Waals surface area contributed by atoms with Gasteiger partial charge < -0.3 is 10.2 Å². The standard InChI is InChI=1S/C23H22N4O3S/c1-15-25-26-22(31-15)18-8-5-9-19(14-18)24-21(29)17-10-12-27(13-11-17)23(30)20(28)16-6-3-2-4-7-16/h2-9,14,17H,10-13H2,1H3,(H,24,29). The van der Waals surface area contributed by atoms with Crippen molar-refractivity contribution in [2.24, 2.45) is 5.92 Å². The van der Waals surface area contributed by atoms with Crippen molar-refractivity contribution >= 4 is 34.6 Å². The average molecular weight is 435 g/mol. The lowest BCUT2D eigenvalue weighted by Gasteiger charge is -2.30. The van der Waals surface area contributed by atoms with Crippen LogP contribution in [0.1, 0.15) is 28.2 Å². The van der Waals surface area contributed by atoms with Crippen LogP contribution in [0.3, 0.4) is 0 Å². The molecular formula is C23H22N4O3S. The van der Waals surface area contributed by atoms with Gasteiger partial charge in [-0.25, -0.2) is 0 Å². The smallest absolute Gasteiger partial charge is 0.294 e. The number of benzene rings is 2. The highest BCUT2D eigenvalue weighted by Crippen LogP contribution is 2.26. The van der Waals surface area contributed by atoms with E-state index in [1.165, 1.54) is 16.2 Å². The Morgan fingerprint density at radius 2 is 1.74 bits per heavy atom. The van der Waals surface area contributed by atoms with Gasteiger partial charge in [0, 0.05) is 35.8 Å². The Balaban J connectivity index is 1.33. The third-order valence-electron chi connectivity index (χ3n) is 5.29. The number of carbonyl (C=O) groups excluding carboxylic acids is 3. The molecule has 2 amide bonds. The molecule has 3 aromatic rings. The summed E-state index contributed by atoms with van der Waals surface area (Å²) in [6.45, 7) is 2.68. The van der Waals surface area contributed by atoms with Crippen molar-refractivity contribution in [2.75, 3.05) is 18.4 Å². The molecule has 1 N–H and O–H groups in total. The maximum Gasteiger partial charge on any atom is 0.294 e. The molecule has 0 spiro atoms. The van der Waals surface area contributed by atoms with E-state index in [9.17, 15) is 14.4 Å². The Hall–Kier alpha value is -3.39. The lowest BCUT2D eigenvalue weighted by molar-refractivity contribution is -0.130. The van der Waals surface area contributed by atoms with Crippen LogP contribution in [0.15, 0.2) is 54.6 Å². The molecule has 7 nitrogen and oxygen atoms in total. The first-order chi connectivity index (χ1) is 15.0. The molecule has 2 aromatic carbocycles. The number of ketones is 1. The van der Waals surface area contributed by atoms with Crippen LogP contribution >= 0.6 is 11.3 Å². The molecule has 1 aromatic heterocycles. The molecule has 0 atom stereocenters. The lowest BCUT2D eigenvalue weighted by Crippen LogP contribution is -2.44. The molecule has 1 saturated heterocycles. The average Bonchev–Trinajstić information content (AvgIpc) is 3.25. The van der Waals surface area contributed by atoms with Gasteiger partial charge in [0.1, 0.15) is 10.0 Å². The minimum Gasteiger partial charge on any atom is -0.336 e. The predicted molar refractivity (Wildman–Crippen MR) is 119 cm³/mol. The Labute approximate surface area is 184 Å². The van der Waals surface area contributed by atoms with Gasteiger partial charge in [-0.2, -0.15) is 0 Å². The number of likely N-dealkylation sites (tertiary alicyclic amines) is 1. The number of Topliss-reactive ketones (excluding diaryl/α,β-unsaturated/α-hetero) is 1. The van der Waals surface area contributed by atoms with E-state index in [4.69, 9.17) is 0 Å². The number of amides is 2. The quantitative estimate of drug-likeness (QED) is 0.490. The topological polar surface area (TPSA) is 92.3 Å². The first-order valence-corrected chi connectivity index (χ1v) is 10.9. The number of piperidine rings is 1. The molecule has 2 heterocycles. The number of nitrogens with zero attached hydrogens (tertiary/aromatic N) is 3. The Morgan fingerprint density at radius 3 is 2.42 bits per heavy atom. The monoisotopic (exact) mass is 434 g/mol. The largest absolute Gasteiger partial charge is 0.336 e. The van der Waals surface area contributed by atoms with E-state index >= 15 is 0 Å². The second kappa shape index (κ2) is 9.18. The third kappa shape index (κ3) is 4.86. The molecule has 31 heavy (non-hydrogen) atoms. The van der Waals surface area contributed by atoms with Crippen molar-refractivity contribution in [1.29, 1.82) is 0 Å². The number of nitrogens with one attached hydrogen (secondary N) is 1. The van der Waals surface area contributed by atoms with Gasteiger partial charge in [0.2, 0.25) is 11.7 Å². The summed E-state index contributed by atoms with van der Waals surface area (Å²) in [6.07, 6.45) is 1.05. The summed E-state index contributed by atoms with van der Waals surface area (Å²) in [5, 5.41) is 12.8. The summed E-state index contributed by atoms with van der Waals surface area (Å²) in [7, 11) is 0. The third-order valence-corrected chi connectivity index (χ3v) is 6.17. The van der Waals surface area contributed by atoms with Gasteiger partial charge >= 0.3 is 0 Å². The SMILES string of the molecule is Cc1nnc(-c2cccc(NC(=O)C3CCN(C(=O)C(=O)c4ccccc4)CC3)c2)s1. The molecule has 0 unspecified atom stereocenters. The molecule has 8 heteroatoms. The van der Waals surface area contributed by atoms with Crippen molar-refractivity contribution in [3.63, 3.8) is 0 Å². The zero-order valence-corrected chi connectivity index (χ0v) is 17.9. The number of hydrogen-bond donors (Lipinski definition) is 1. The van der Waals surface area contributed by atoms with E-state index in [1.54, 1.807) is 30.3 Å². The second-order valence-electron chi connectivity index (χ2n) is 7.46. The number of aryl methyl sites for hydroxylation is 1. The molecular weight excluding hydrogens is 412 g/mol. The highest BCUT2D eigenvalue weighted by atomic mass is 32.1. The fourth-order valence-corrected chi connectivity index (χ4v) is 4.28. The minimum atomic E-state index is -0.509. The first-order valence-electron chi connectivity index (χ1n) is 10.1. The van der Waals surface area contributed by atoms with Crippen LogP contribution in [0.25, 0.3) is 10.6 Å². The summed E-state index contributed by atoms with van der Waals surface area (Å²) in [4.78, 5) is 39.2. The van der Waals surface area contributed by atoms with Crippen LogP contribution in [0, 0.1) is 12.8 Å². The van der Waals surface area contributed by atoms with Crippen molar-refractivity contribution in [3.8, 4) is 10.6 Å². The van der Waals surface area contributed by atoms with Crippen molar-refractivity contribution in [1.82, 2.24) is 15.1 Å². The van der Waals surface area contributed by atoms with Gasteiger partial charge in [0.05, 0.1) is 0 Å². The lowest BCUT2D eigenvalue weighted by atomic mass is 9.95. The van der Waals surface area contributed by atoms with Crippen molar-refractivity contribution < 1.29 is 14.4 Å². The van der Waals surface area contributed by atoms with Crippen molar-refractivity contribution in [2.45, 2.75) is 19.8 Å². The molecule has 158 valence electrons. The van der Waals surface area contributed by atoms with Gasteiger partial charge in [-0.15, -0.1) is 10.2 Å². The summed E-state index contributed by atoms with van der Waals surface area (Å²) >= 11 is 1.50. The molecule has 1 fully saturated rings. The fraction of sp³-hybridized carbons (Fsp3) is 0.261. The maximum absolute atomic E-state index is 12.7. The van der Waals surface area contributed by atoms with Crippen LogP contribution < -0.4 is 5.32 Å². The molecule has 0 saturated carbocycles. The van der Waals surface area contributed by atoms with E-state index in [1.807, 2.05) is 31.2 Å². The Kier molecular flexibility index (Phi) is 6.18. The maximum atomic E-state index is 12.7. The molecule has 4 rings (SSSR count). The molecule has 0 bridgehead atoms. The molecule has 1 aliphatic rings. The molecule has 0 aliphatic carbocycles. The number of carbonyl (C=O) groups is 3. The van der Waals surface area contributed by atoms with Gasteiger partial charge in [0.15, 0.2) is 0 Å². The van der Waals surface area contributed by atoms with Crippen LogP contribution in [0.5, 0.6) is 0 Å². The minimum absolute atomic E-state index is 0.0768. The van der Waals surface area contributed by atoms with Gasteiger partial charge in [0.25, 0.3) is 5.91 Å². The van der Waals surface area contributed by atoms with E-state index < -0.39 is 11.7 Å². The zero-order valence-electron chi connectivity index (χ0n) is 17.1. The van der Waals surface area contributed by atoms with Crippen LogP contribution in [-0.4, -0.2) is 45.8 Å². The number of anilines is 1. The summed E-state index contributed by atoms with van der Waals surface area (Å²) in [5.41, 5.74) is 1.99. The van der Waals surface area contributed by atoms with E-state index in [-0.39, 0.29) is 11.8 Å². The van der Waals surface area contributed by atoms with Crippen LogP contribution in [0.4, 0.5) is 5.69 Å². The van der Waals surface area contributed by atoms with E-state index in [0.717, 1.165) is 15.6 Å². The van der Waals surface area contributed by atoms with E-state index in [0.29, 0.717) is 37.2 Å². The summed E-state index contributed by atoms with van der Waals surface area (Å²) in [5.74, 6) is -1.30. The zero-order chi connectivity index (χ0) is 21.8. The molecule has 1 aliphatic heterocycles. The first kappa shape index (κ1) is 20.9. The molecule has 0 radical (unpaired) electrons. The number of hydrogen-bond acceptors (Lipinski definition) is 6.